The highest BCUT2D eigenvalue weighted by Crippen LogP contribution is 1.82. The molecule has 0 aromatic carbocycles. The molecular weight excluding hydrogens is 132 g/mol. The smallest absolute Gasteiger partial charge is 0.405 e. The van der Waals surface area contributed by atoms with E-state index in [1.807, 2.05) is 0 Å². The molecule has 0 saturated heterocycles. The van der Waals surface area contributed by atoms with Crippen LogP contribution in [0.1, 0.15) is 6.92 Å². The first-order chi connectivity index (χ1) is 4.66. The number of rotatable bonds is 2. The van der Waals surface area contributed by atoms with Gasteiger partial charge in [0.05, 0.1) is 6.07 Å². The maximum atomic E-state index is 9.94. The SMILES string of the molecule is C[C@H](C=CC#N)NC(=O)O. The third kappa shape index (κ3) is 4.65. The van der Waals surface area contributed by atoms with E-state index in [0.717, 1.165) is 0 Å². The van der Waals surface area contributed by atoms with Gasteiger partial charge in [0.2, 0.25) is 0 Å². The molecule has 0 aliphatic rings. The second-order valence-electron chi connectivity index (χ2n) is 1.73. The van der Waals surface area contributed by atoms with E-state index < -0.39 is 6.09 Å². The molecule has 0 aromatic heterocycles. The van der Waals surface area contributed by atoms with Crippen LogP contribution in [0, 0.1) is 11.3 Å². The molecular formula is C6H8N2O2. The van der Waals surface area contributed by atoms with Crippen LogP contribution < -0.4 is 5.32 Å². The van der Waals surface area contributed by atoms with Crippen LogP contribution in [0.25, 0.3) is 0 Å². The van der Waals surface area contributed by atoms with E-state index in [1.54, 1.807) is 13.0 Å². The summed E-state index contributed by atoms with van der Waals surface area (Å²) in [5.41, 5.74) is 0. The number of nitrogens with one attached hydrogen (secondary N) is 1. The van der Waals surface area contributed by atoms with Crippen molar-refractivity contribution in [3.8, 4) is 6.07 Å². The average molecular weight is 140 g/mol. The molecule has 0 bridgehead atoms. The van der Waals surface area contributed by atoms with E-state index in [0.29, 0.717) is 0 Å². The Kier molecular flexibility index (Phi) is 3.73. The largest absolute Gasteiger partial charge is 0.465 e. The number of allylic oxidation sites excluding steroid dienone is 1. The van der Waals surface area contributed by atoms with Gasteiger partial charge in [-0.25, -0.2) is 4.79 Å². The Balaban J connectivity index is 3.66. The zero-order chi connectivity index (χ0) is 7.98. The van der Waals surface area contributed by atoms with Crippen LogP contribution >= 0.6 is 0 Å². The summed E-state index contributed by atoms with van der Waals surface area (Å²) in [5.74, 6) is 0. The number of nitriles is 1. The molecule has 0 fully saturated rings. The standard InChI is InChI=1S/C6H8N2O2/c1-5(3-2-4-7)8-6(9)10/h2-3,5,8H,1H3,(H,9,10)/t5-/m1/s1. The summed E-state index contributed by atoms with van der Waals surface area (Å²) in [7, 11) is 0. The molecule has 1 atom stereocenters. The summed E-state index contributed by atoms with van der Waals surface area (Å²) in [5, 5.41) is 18.3. The topological polar surface area (TPSA) is 73.1 Å². The van der Waals surface area contributed by atoms with Gasteiger partial charge in [-0.05, 0) is 6.92 Å². The zero-order valence-corrected chi connectivity index (χ0v) is 5.53. The van der Waals surface area contributed by atoms with Crippen molar-refractivity contribution in [2.45, 2.75) is 13.0 Å². The third-order valence-electron chi connectivity index (χ3n) is 0.811. The van der Waals surface area contributed by atoms with Gasteiger partial charge in [0.15, 0.2) is 0 Å². The number of hydrogen-bond acceptors (Lipinski definition) is 2. The maximum absolute atomic E-state index is 9.94. The Morgan fingerprint density at radius 1 is 1.90 bits per heavy atom. The number of hydrogen-bond donors (Lipinski definition) is 2. The van der Waals surface area contributed by atoms with E-state index in [9.17, 15) is 4.79 Å². The number of amides is 1. The number of carboxylic acid groups (broad SMARTS) is 1. The van der Waals surface area contributed by atoms with E-state index in [4.69, 9.17) is 10.4 Å². The zero-order valence-electron chi connectivity index (χ0n) is 5.53. The quantitative estimate of drug-likeness (QED) is 0.555. The van der Waals surface area contributed by atoms with Crippen LogP contribution in [-0.2, 0) is 0 Å². The van der Waals surface area contributed by atoms with Gasteiger partial charge in [-0.3, -0.25) is 0 Å². The molecule has 1 amide bonds. The van der Waals surface area contributed by atoms with Crippen LogP contribution in [-0.4, -0.2) is 17.2 Å². The minimum absolute atomic E-state index is 0.308. The molecule has 4 nitrogen and oxygen atoms in total. The molecule has 0 rings (SSSR count). The molecule has 10 heavy (non-hydrogen) atoms. The Morgan fingerprint density at radius 2 is 2.50 bits per heavy atom. The van der Waals surface area contributed by atoms with Crippen molar-refractivity contribution >= 4 is 6.09 Å². The van der Waals surface area contributed by atoms with Crippen LogP contribution in [0.5, 0.6) is 0 Å². The highest BCUT2D eigenvalue weighted by molar-refractivity contribution is 5.65. The summed E-state index contributed by atoms with van der Waals surface area (Å²) in [6, 6.07) is 1.45. The highest BCUT2D eigenvalue weighted by atomic mass is 16.4. The lowest BCUT2D eigenvalue weighted by molar-refractivity contribution is 0.193. The molecule has 0 unspecified atom stereocenters. The Morgan fingerprint density at radius 3 is 2.90 bits per heavy atom. The Bertz CT molecular complexity index is 181. The molecule has 0 aromatic rings. The maximum Gasteiger partial charge on any atom is 0.405 e. The highest BCUT2D eigenvalue weighted by Gasteiger charge is 1.98. The van der Waals surface area contributed by atoms with Gasteiger partial charge >= 0.3 is 6.09 Å². The van der Waals surface area contributed by atoms with Gasteiger partial charge in [-0.15, -0.1) is 0 Å². The monoisotopic (exact) mass is 140 g/mol. The summed E-state index contributed by atoms with van der Waals surface area (Å²) < 4.78 is 0. The van der Waals surface area contributed by atoms with Gasteiger partial charge in [-0.1, -0.05) is 6.08 Å². The van der Waals surface area contributed by atoms with Gasteiger partial charge in [-0.2, -0.15) is 5.26 Å². The summed E-state index contributed by atoms with van der Waals surface area (Å²) >= 11 is 0. The van der Waals surface area contributed by atoms with E-state index in [2.05, 4.69) is 5.32 Å². The van der Waals surface area contributed by atoms with Gasteiger partial charge < -0.3 is 10.4 Å². The second kappa shape index (κ2) is 4.39. The molecule has 0 spiro atoms. The first-order valence-corrected chi connectivity index (χ1v) is 2.72. The lowest BCUT2D eigenvalue weighted by Crippen LogP contribution is -2.29. The third-order valence-corrected chi connectivity index (χ3v) is 0.811. The van der Waals surface area contributed by atoms with E-state index in [1.165, 1.54) is 12.2 Å². The van der Waals surface area contributed by atoms with Crippen molar-refractivity contribution in [1.82, 2.24) is 5.32 Å². The fourth-order valence-electron chi connectivity index (χ4n) is 0.430. The fourth-order valence-corrected chi connectivity index (χ4v) is 0.430. The lowest BCUT2D eigenvalue weighted by Gasteiger charge is -2.02. The molecule has 2 N–H and O–H groups in total. The molecule has 0 heterocycles. The number of carbonyl (C=O) groups is 1. The predicted octanol–water partition coefficient (Wildman–Crippen LogP) is 0.722. The van der Waals surface area contributed by atoms with Crippen molar-refractivity contribution in [2.24, 2.45) is 0 Å². The van der Waals surface area contributed by atoms with Crippen molar-refractivity contribution in [3.63, 3.8) is 0 Å². The van der Waals surface area contributed by atoms with Crippen molar-refractivity contribution in [2.75, 3.05) is 0 Å². The molecule has 0 radical (unpaired) electrons. The summed E-state index contributed by atoms with van der Waals surface area (Å²) in [6.07, 6.45) is 1.62. The van der Waals surface area contributed by atoms with Crippen LogP contribution in [0.3, 0.4) is 0 Å². The van der Waals surface area contributed by atoms with E-state index >= 15 is 0 Å². The Labute approximate surface area is 58.8 Å². The van der Waals surface area contributed by atoms with Crippen LogP contribution in [0.15, 0.2) is 12.2 Å². The van der Waals surface area contributed by atoms with Gasteiger partial charge in [0, 0.05) is 12.1 Å². The van der Waals surface area contributed by atoms with E-state index in [-0.39, 0.29) is 6.04 Å². The number of nitrogens with zero attached hydrogens (tertiary/aromatic N) is 1. The minimum Gasteiger partial charge on any atom is -0.465 e. The minimum atomic E-state index is -1.09. The van der Waals surface area contributed by atoms with Crippen LogP contribution in [0.2, 0.25) is 0 Å². The molecule has 54 valence electrons. The van der Waals surface area contributed by atoms with Crippen molar-refractivity contribution < 1.29 is 9.90 Å². The van der Waals surface area contributed by atoms with Crippen molar-refractivity contribution in [3.05, 3.63) is 12.2 Å². The normalized spacial score (nSPS) is 12.4. The second-order valence-corrected chi connectivity index (χ2v) is 1.73. The van der Waals surface area contributed by atoms with Crippen molar-refractivity contribution in [1.29, 1.82) is 5.26 Å². The fraction of sp³-hybridized carbons (Fsp3) is 0.333. The lowest BCUT2D eigenvalue weighted by atomic mass is 10.3. The molecule has 0 saturated carbocycles. The predicted molar refractivity (Wildman–Crippen MR) is 35.4 cm³/mol. The summed E-state index contributed by atoms with van der Waals surface area (Å²) in [4.78, 5) is 9.94. The first-order valence-electron chi connectivity index (χ1n) is 2.72. The van der Waals surface area contributed by atoms with Gasteiger partial charge in [0.1, 0.15) is 0 Å². The first kappa shape index (κ1) is 8.50. The van der Waals surface area contributed by atoms with Crippen LogP contribution in [0.4, 0.5) is 4.79 Å². The van der Waals surface area contributed by atoms with Gasteiger partial charge in [0.25, 0.3) is 0 Å². The summed E-state index contributed by atoms with van der Waals surface area (Å²) in [6.45, 7) is 1.64. The molecule has 0 aliphatic heterocycles. The Hall–Kier alpha value is -1.50. The molecule has 4 heteroatoms. The molecule has 0 aliphatic carbocycles. The average Bonchev–Trinajstić information content (AvgIpc) is 1.82.